The van der Waals surface area contributed by atoms with Crippen LogP contribution in [0, 0.1) is 11.6 Å². The first kappa shape index (κ1) is 53.4. The minimum atomic E-state index is -4.91. The van der Waals surface area contributed by atoms with Crippen LogP contribution in [0.15, 0.2) is 145 Å². The first-order valence-electron chi connectivity index (χ1n) is 22.4. The van der Waals surface area contributed by atoms with Crippen LogP contribution >= 0.6 is 0 Å². The van der Waals surface area contributed by atoms with Crippen LogP contribution in [-0.4, -0.2) is 71.0 Å². The smallest absolute Gasteiger partial charge is 0.376 e. The SMILES string of the molecule is C=CCn1ccc(C[C@@H]2CCc3cc(C(C)(O)C(F)(F)F)ccc3N2S(=O)(=O)c2ccc(F)cc2)n1.C=CCn1nccc1C[C@@H]1CCc2cc(C(C)(O)C(F)(F)F)ccc2N1S(=O)(=O)c1ccc(F)cc1. The second-order valence-electron chi connectivity index (χ2n) is 17.7. The second kappa shape index (κ2) is 20.3. The van der Waals surface area contributed by atoms with E-state index in [9.17, 15) is 62.2 Å². The van der Waals surface area contributed by atoms with E-state index >= 15 is 0 Å². The summed E-state index contributed by atoms with van der Waals surface area (Å²) in [7, 11) is -8.42. The molecule has 2 unspecified atom stereocenters. The van der Waals surface area contributed by atoms with Gasteiger partial charge in [-0.05, 0) is 135 Å². The van der Waals surface area contributed by atoms with E-state index in [-0.39, 0.29) is 45.1 Å². The summed E-state index contributed by atoms with van der Waals surface area (Å²) in [6.07, 6.45) is -1.40. The molecule has 12 nitrogen and oxygen atoms in total. The average Bonchev–Trinajstić information content (AvgIpc) is 3.96. The Bertz CT molecular complexity index is 3150. The number of aliphatic hydroxyl groups is 2. The van der Waals surface area contributed by atoms with Gasteiger partial charge in [0.2, 0.25) is 0 Å². The standard InChI is InChI=1S/2C25H25F4N3O3S/c1-3-14-31-20(12-13-30-31)16-21-8-4-17-15-18(24(2,33)25(27,28)29)5-11-23(17)32(21)36(34,35)22-9-6-19(26)7-10-22;1-3-13-31-14-12-20(30-31)16-21-8-4-17-15-18(24(2,33)25(27,28)29)5-11-23(17)32(21)36(34,35)22-9-6-19(26)7-10-22/h3,5-7,9-13,15,21,33H,1,4,8,14,16H2,2H3;3,5-7,9-12,14-15,21,33H,1,4,8,13,16H2,2H3/t2*21-,24?/m00/s1. The van der Waals surface area contributed by atoms with E-state index in [2.05, 4.69) is 23.4 Å². The number of aryl methyl sites for hydroxylation is 2. The van der Waals surface area contributed by atoms with E-state index in [1.165, 1.54) is 32.9 Å². The van der Waals surface area contributed by atoms with Crippen molar-refractivity contribution in [2.24, 2.45) is 0 Å². The van der Waals surface area contributed by atoms with Crippen molar-refractivity contribution < 1.29 is 62.2 Å². The molecule has 8 rings (SSSR count). The van der Waals surface area contributed by atoms with Crippen LogP contribution in [0.4, 0.5) is 46.5 Å². The number of allylic oxidation sites excluding steroid dienone is 2. The summed E-state index contributed by atoms with van der Waals surface area (Å²) in [5.74, 6) is -1.20. The fraction of sp³-hybridized carbons (Fsp3) is 0.320. The normalized spacial score (nSPS) is 17.9. The number of hydrogen-bond acceptors (Lipinski definition) is 8. The van der Waals surface area contributed by atoms with Crippen LogP contribution in [-0.2, 0) is 70.0 Å². The Balaban J connectivity index is 0.000000211. The average molecular weight is 1050 g/mol. The third-order valence-corrected chi connectivity index (χ3v) is 16.5. The predicted octanol–water partition coefficient (Wildman–Crippen LogP) is 9.46. The highest BCUT2D eigenvalue weighted by atomic mass is 32.2. The van der Waals surface area contributed by atoms with Gasteiger partial charge in [0.05, 0.1) is 52.0 Å². The van der Waals surface area contributed by atoms with Gasteiger partial charge in [0.15, 0.2) is 11.2 Å². The molecule has 2 aliphatic rings. The minimum absolute atomic E-state index is 0.146. The summed E-state index contributed by atoms with van der Waals surface area (Å²) in [5.41, 5.74) is -4.41. The van der Waals surface area contributed by atoms with Gasteiger partial charge in [-0.25, -0.2) is 25.6 Å². The van der Waals surface area contributed by atoms with E-state index in [0.29, 0.717) is 69.4 Å². The highest BCUT2D eigenvalue weighted by Crippen LogP contribution is 2.45. The van der Waals surface area contributed by atoms with Gasteiger partial charge in [-0.1, -0.05) is 36.4 Å². The Kier molecular flexibility index (Phi) is 15.0. The van der Waals surface area contributed by atoms with Crippen molar-refractivity contribution >= 4 is 31.4 Å². The molecule has 22 heteroatoms. The number of nitrogens with zero attached hydrogens (tertiary/aromatic N) is 6. The summed E-state index contributed by atoms with van der Waals surface area (Å²) >= 11 is 0. The Morgan fingerprint density at radius 3 is 1.51 bits per heavy atom. The van der Waals surface area contributed by atoms with Crippen LogP contribution in [0.1, 0.15) is 60.3 Å². The molecule has 4 atom stereocenters. The molecule has 0 radical (unpaired) electrons. The molecule has 4 aromatic carbocycles. The molecule has 0 spiro atoms. The van der Waals surface area contributed by atoms with E-state index in [1.54, 1.807) is 46.0 Å². The van der Waals surface area contributed by atoms with Gasteiger partial charge in [0.1, 0.15) is 11.6 Å². The number of alkyl halides is 6. The van der Waals surface area contributed by atoms with E-state index < -0.39 is 67.3 Å². The van der Waals surface area contributed by atoms with Gasteiger partial charge in [-0.15, -0.1) is 13.2 Å². The van der Waals surface area contributed by atoms with Crippen molar-refractivity contribution in [3.05, 3.63) is 180 Å². The molecule has 2 aliphatic heterocycles. The number of hydrogen-bond donors (Lipinski definition) is 2. The summed E-state index contributed by atoms with van der Waals surface area (Å²) in [4.78, 5) is -0.294. The monoisotopic (exact) mass is 1050 g/mol. The molecular weight excluding hydrogens is 997 g/mol. The van der Waals surface area contributed by atoms with Crippen LogP contribution < -0.4 is 8.61 Å². The molecule has 6 aromatic rings. The van der Waals surface area contributed by atoms with Crippen LogP contribution in [0.2, 0.25) is 0 Å². The minimum Gasteiger partial charge on any atom is -0.376 e. The van der Waals surface area contributed by atoms with Crippen LogP contribution in [0.5, 0.6) is 0 Å². The number of fused-ring (bicyclic) bond motifs is 2. The molecule has 0 saturated heterocycles. The third kappa shape index (κ3) is 10.7. The van der Waals surface area contributed by atoms with E-state index in [1.807, 2.05) is 0 Å². The molecule has 0 bridgehead atoms. The van der Waals surface area contributed by atoms with Gasteiger partial charge >= 0.3 is 12.4 Å². The topological polar surface area (TPSA) is 151 Å². The highest BCUT2D eigenvalue weighted by molar-refractivity contribution is 7.93. The largest absolute Gasteiger partial charge is 0.421 e. The Morgan fingerprint density at radius 2 is 1.08 bits per heavy atom. The fourth-order valence-corrected chi connectivity index (χ4v) is 12.2. The molecular formula is C50H50F8N6O6S2. The quantitative estimate of drug-likeness (QED) is 0.0810. The maximum Gasteiger partial charge on any atom is 0.421 e. The van der Waals surface area contributed by atoms with Crippen molar-refractivity contribution in [2.75, 3.05) is 8.61 Å². The lowest BCUT2D eigenvalue weighted by molar-refractivity contribution is -0.259. The first-order valence-corrected chi connectivity index (χ1v) is 25.3. The van der Waals surface area contributed by atoms with Crippen LogP contribution in [0.3, 0.4) is 0 Å². The maximum atomic E-state index is 13.8. The Morgan fingerprint density at radius 1 is 0.639 bits per heavy atom. The van der Waals surface area contributed by atoms with E-state index in [4.69, 9.17) is 0 Å². The van der Waals surface area contributed by atoms with Crippen molar-refractivity contribution in [1.82, 2.24) is 19.6 Å². The van der Waals surface area contributed by atoms with Crippen molar-refractivity contribution in [2.45, 2.75) is 111 Å². The highest BCUT2D eigenvalue weighted by Gasteiger charge is 2.53. The number of anilines is 2. The molecule has 4 heterocycles. The predicted molar refractivity (Wildman–Crippen MR) is 253 cm³/mol. The zero-order chi connectivity index (χ0) is 52.6. The Labute approximate surface area is 411 Å². The Hall–Kier alpha value is -6.36. The van der Waals surface area contributed by atoms with Crippen molar-refractivity contribution in [1.29, 1.82) is 0 Å². The number of rotatable bonds is 14. The molecule has 2 aromatic heterocycles. The lowest BCUT2D eigenvalue weighted by atomic mass is 9.89. The number of benzene rings is 4. The van der Waals surface area contributed by atoms with Gasteiger partial charge < -0.3 is 10.2 Å². The molecule has 0 fully saturated rings. The van der Waals surface area contributed by atoms with Gasteiger partial charge in [0, 0.05) is 30.9 Å². The van der Waals surface area contributed by atoms with Crippen LogP contribution in [0.25, 0.3) is 0 Å². The van der Waals surface area contributed by atoms with Gasteiger partial charge in [0.25, 0.3) is 20.0 Å². The van der Waals surface area contributed by atoms with E-state index in [0.717, 1.165) is 66.4 Å². The molecule has 72 heavy (non-hydrogen) atoms. The van der Waals surface area contributed by atoms with Gasteiger partial charge in [-0.2, -0.15) is 36.5 Å². The zero-order valence-corrected chi connectivity index (χ0v) is 40.5. The molecule has 0 saturated carbocycles. The fourth-order valence-electron chi connectivity index (χ4n) is 8.72. The molecule has 2 N–H and O–H groups in total. The summed E-state index contributed by atoms with van der Waals surface area (Å²) in [5, 5.41) is 29.0. The number of sulfonamides is 2. The molecule has 0 amide bonds. The van der Waals surface area contributed by atoms with Crippen molar-refractivity contribution in [3.8, 4) is 0 Å². The first-order chi connectivity index (χ1) is 33.7. The molecule has 384 valence electrons. The second-order valence-corrected chi connectivity index (χ2v) is 21.4. The maximum absolute atomic E-state index is 13.8. The lowest BCUT2D eigenvalue weighted by Crippen LogP contribution is -2.45. The summed E-state index contributed by atoms with van der Waals surface area (Å²) < 4.78 is 168. The van der Waals surface area contributed by atoms with Crippen molar-refractivity contribution in [3.63, 3.8) is 0 Å². The zero-order valence-electron chi connectivity index (χ0n) is 38.8. The number of aromatic nitrogens is 4. The lowest BCUT2D eigenvalue weighted by Gasteiger charge is -2.39. The summed E-state index contributed by atoms with van der Waals surface area (Å²) in [6.45, 7) is 9.59. The summed E-state index contributed by atoms with van der Waals surface area (Å²) in [6, 6.07) is 18.3. The van der Waals surface area contributed by atoms with Gasteiger partial charge in [-0.3, -0.25) is 18.0 Å². The number of halogens is 8. The third-order valence-electron chi connectivity index (χ3n) is 12.8. The molecule has 0 aliphatic carbocycles.